The molecule has 0 saturated carbocycles. The molecular formula is C15H21BrN2. The maximum Gasteiger partial charge on any atom is 0.128 e. The van der Waals surface area contributed by atoms with Crippen LogP contribution in [0.2, 0.25) is 0 Å². The molecule has 0 amide bonds. The van der Waals surface area contributed by atoms with Crippen LogP contribution in [-0.2, 0) is 12.8 Å². The van der Waals surface area contributed by atoms with Crippen molar-refractivity contribution in [3.05, 3.63) is 23.4 Å². The summed E-state index contributed by atoms with van der Waals surface area (Å²) in [5.74, 6) is 2.06. The number of hydrogen-bond donors (Lipinski definition) is 0. The summed E-state index contributed by atoms with van der Waals surface area (Å²) in [5, 5.41) is 1.13. The van der Waals surface area contributed by atoms with Crippen LogP contribution < -0.4 is 4.90 Å². The second-order valence-corrected chi connectivity index (χ2v) is 6.35. The van der Waals surface area contributed by atoms with E-state index in [1.807, 2.05) is 0 Å². The number of piperidine rings is 1. The summed E-state index contributed by atoms with van der Waals surface area (Å²) in [6, 6.07) is 4.54. The Kier molecular flexibility index (Phi) is 3.88. The first-order chi connectivity index (χ1) is 8.86. The topological polar surface area (TPSA) is 16.1 Å². The Balaban J connectivity index is 1.73. The first-order valence-electron chi connectivity index (χ1n) is 7.16. The van der Waals surface area contributed by atoms with Crippen LogP contribution in [0.25, 0.3) is 0 Å². The average molecular weight is 309 g/mol. The van der Waals surface area contributed by atoms with Crippen molar-refractivity contribution in [3.8, 4) is 0 Å². The van der Waals surface area contributed by atoms with Crippen molar-refractivity contribution >= 4 is 21.7 Å². The number of rotatable bonds is 3. The van der Waals surface area contributed by atoms with Gasteiger partial charge < -0.3 is 4.90 Å². The molecule has 0 radical (unpaired) electrons. The van der Waals surface area contributed by atoms with Gasteiger partial charge in [0.05, 0.1) is 0 Å². The smallest absolute Gasteiger partial charge is 0.128 e. The fraction of sp³-hybridized carbons (Fsp3) is 0.667. The molecule has 3 heteroatoms. The highest BCUT2D eigenvalue weighted by Crippen LogP contribution is 2.27. The third-order valence-electron chi connectivity index (χ3n) is 4.27. The van der Waals surface area contributed by atoms with E-state index < -0.39 is 0 Å². The third-order valence-corrected chi connectivity index (χ3v) is 4.73. The summed E-state index contributed by atoms with van der Waals surface area (Å²) in [4.78, 5) is 7.38. The standard InChI is InChI=1S/C15H21BrN2/c16-9-8-12-3-2-10-18(11-12)15-7-6-13-4-1-5-14(13)17-15/h6-7,12H,1-5,8-11H2. The number of aromatic nitrogens is 1. The Labute approximate surface area is 118 Å². The molecule has 0 bridgehead atoms. The normalized spacial score (nSPS) is 23.2. The highest BCUT2D eigenvalue weighted by molar-refractivity contribution is 9.09. The maximum absolute atomic E-state index is 4.89. The van der Waals surface area contributed by atoms with E-state index in [1.165, 1.54) is 68.7 Å². The molecule has 2 heterocycles. The van der Waals surface area contributed by atoms with Gasteiger partial charge in [-0.25, -0.2) is 4.98 Å². The fourth-order valence-electron chi connectivity index (χ4n) is 3.25. The average Bonchev–Trinajstić information content (AvgIpc) is 2.86. The Bertz CT molecular complexity index is 417. The molecule has 0 spiro atoms. The van der Waals surface area contributed by atoms with Crippen LogP contribution in [-0.4, -0.2) is 23.4 Å². The maximum atomic E-state index is 4.89. The minimum atomic E-state index is 0.841. The number of pyridine rings is 1. The molecule has 18 heavy (non-hydrogen) atoms. The number of aryl methyl sites for hydroxylation is 2. The molecule has 1 aromatic rings. The van der Waals surface area contributed by atoms with Gasteiger partial charge in [-0.3, -0.25) is 0 Å². The number of halogens is 1. The first-order valence-corrected chi connectivity index (χ1v) is 8.28. The van der Waals surface area contributed by atoms with Gasteiger partial charge in [-0.1, -0.05) is 22.0 Å². The van der Waals surface area contributed by atoms with E-state index in [0.717, 1.165) is 11.2 Å². The lowest BCUT2D eigenvalue weighted by Gasteiger charge is -2.33. The van der Waals surface area contributed by atoms with Crippen LogP contribution in [0.5, 0.6) is 0 Å². The molecule has 2 aliphatic rings. The minimum Gasteiger partial charge on any atom is -0.356 e. The Morgan fingerprint density at radius 2 is 2.22 bits per heavy atom. The van der Waals surface area contributed by atoms with Crippen molar-refractivity contribution in [3.63, 3.8) is 0 Å². The first kappa shape index (κ1) is 12.5. The Hall–Kier alpha value is -0.570. The zero-order chi connectivity index (χ0) is 12.4. The predicted octanol–water partition coefficient (Wildman–Crippen LogP) is 3.57. The summed E-state index contributed by atoms with van der Waals surface area (Å²) in [5.41, 5.74) is 2.84. The number of hydrogen-bond acceptors (Lipinski definition) is 2. The molecule has 3 rings (SSSR count). The van der Waals surface area contributed by atoms with Crippen molar-refractivity contribution in [1.29, 1.82) is 0 Å². The molecule has 0 N–H and O–H groups in total. The summed E-state index contributed by atoms with van der Waals surface area (Å²) < 4.78 is 0. The monoisotopic (exact) mass is 308 g/mol. The molecule has 1 saturated heterocycles. The van der Waals surface area contributed by atoms with Gasteiger partial charge >= 0.3 is 0 Å². The molecule has 1 aromatic heterocycles. The molecule has 1 fully saturated rings. The van der Waals surface area contributed by atoms with Crippen LogP contribution in [0.4, 0.5) is 5.82 Å². The van der Waals surface area contributed by atoms with Crippen LogP contribution in [0.1, 0.15) is 36.9 Å². The molecule has 0 aromatic carbocycles. The Morgan fingerprint density at radius 3 is 3.11 bits per heavy atom. The van der Waals surface area contributed by atoms with Crippen molar-refractivity contribution < 1.29 is 0 Å². The number of anilines is 1. The Morgan fingerprint density at radius 1 is 1.28 bits per heavy atom. The van der Waals surface area contributed by atoms with Gasteiger partial charge in [0.1, 0.15) is 5.82 Å². The van der Waals surface area contributed by atoms with Gasteiger partial charge in [-0.05, 0) is 56.1 Å². The number of nitrogens with zero attached hydrogens (tertiary/aromatic N) is 2. The van der Waals surface area contributed by atoms with Gasteiger partial charge in [0.15, 0.2) is 0 Å². The highest BCUT2D eigenvalue weighted by atomic mass is 79.9. The lowest BCUT2D eigenvalue weighted by Crippen LogP contribution is -2.36. The van der Waals surface area contributed by atoms with Gasteiger partial charge in [0.25, 0.3) is 0 Å². The van der Waals surface area contributed by atoms with Gasteiger partial charge in [0.2, 0.25) is 0 Å². The zero-order valence-electron chi connectivity index (χ0n) is 10.9. The van der Waals surface area contributed by atoms with E-state index in [2.05, 4.69) is 33.0 Å². The van der Waals surface area contributed by atoms with E-state index in [-0.39, 0.29) is 0 Å². The van der Waals surface area contributed by atoms with Crippen molar-refractivity contribution in [2.24, 2.45) is 5.92 Å². The number of alkyl halides is 1. The molecule has 98 valence electrons. The molecule has 1 aliphatic heterocycles. The largest absolute Gasteiger partial charge is 0.356 e. The van der Waals surface area contributed by atoms with Gasteiger partial charge in [-0.15, -0.1) is 0 Å². The molecule has 1 atom stereocenters. The van der Waals surface area contributed by atoms with E-state index >= 15 is 0 Å². The second kappa shape index (κ2) is 5.60. The summed E-state index contributed by atoms with van der Waals surface area (Å²) in [7, 11) is 0. The van der Waals surface area contributed by atoms with E-state index in [9.17, 15) is 0 Å². The SMILES string of the molecule is BrCCC1CCCN(c2ccc3c(n2)CCC3)C1. The molecule has 2 nitrogen and oxygen atoms in total. The second-order valence-electron chi connectivity index (χ2n) is 5.56. The van der Waals surface area contributed by atoms with E-state index in [1.54, 1.807) is 0 Å². The lowest BCUT2D eigenvalue weighted by atomic mass is 9.95. The molecular weight excluding hydrogens is 288 g/mol. The summed E-state index contributed by atoms with van der Waals surface area (Å²) in [6.07, 6.45) is 7.69. The third kappa shape index (κ3) is 2.56. The molecule has 1 unspecified atom stereocenters. The molecule has 1 aliphatic carbocycles. The summed E-state index contributed by atoms with van der Waals surface area (Å²) in [6.45, 7) is 2.38. The minimum absolute atomic E-state index is 0.841. The van der Waals surface area contributed by atoms with E-state index in [4.69, 9.17) is 4.98 Å². The van der Waals surface area contributed by atoms with E-state index in [0.29, 0.717) is 0 Å². The van der Waals surface area contributed by atoms with Crippen LogP contribution in [0, 0.1) is 5.92 Å². The van der Waals surface area contributed by atoms with Crippen molar-refractivity contribution in [1.82, 2.24) is 4.98 Å². The van der Waals surface area contributed by atoms with Crippen LogP contribution >= 0.6 is 15.9 Å². The zero-order valence-corrected chi connectivity index (χ0v) is 12.5. The highest BCUT2D eigenvalue weighted by Gasteiger charge is 2.21. The quantitative estimate of drug-likeness (QED) is 0.794. The van der Waals surface area contributed by atoms with Crippen LogP contribution in [0.3, 0.4) is 0 Å². The van der Waals surface area contributed by atoms with Crippen molar-refractivity contribution in [2.75, 3.05) is 23.3 Å². The number of fused-ring (bicyclic) bond motifs is 1. The van der Waals surface area contributed by atoms with Crippen LogP contribution in [0.15, 0.2) is 12.1 Å². The summed E-state index contributed by atoms with van der Waals surface area (Å²) >= 11 is 3.57. The predicted molar refractivity (Wildman–Crippen MR) is 79.6 cm³/mol. The van der Waals surface area contributed by atoms with Gasteiger partial charge in [-0.2, -0.15) is 0 Å². The van der Waals surface area contributed by atoms with Crippen molar-refractivity contribution in [2.45, 2.75) is 38.5 Å². The van der Waals surface area contributed by atoms with Gasteiger partial charge in [0, 0.05) is 24.1 Å². The lowest BCUT2D eigenvalue weighted by molar-refractivity contribution is 0.406. The fourth-order valence-corrected chi connectivity index (χ4v) is 3.90.